The van der Waals surface area contributed by atoms with Gasteiger partial charge in [0.1, 0.15) is 0 Å². The van der Waals surface area contributed by atoms with Crippen LogP contribution < -0.4 is 10.1 Å². The molecule has 128 valence electrons. The van der Waals surface area contributed by atoms with Gasteiger partial charge in [-0.15, -0.1) is 0 Å². The van der Waals surface area contributed by atoms with Gasteiger partial charge in [-0.25, -0.2) is 0 Å². The maximum atomic E-state index is 12.7. The lowest BCUT2D eigenvalue weighted by molar-refractivity contribution is -0.134. The quantitative estimate of drug-likeness (QED) is 0.893. The van der Waals surface area contributed by atoms with Crippen molar-refractivity contribution >= 4 is 5.78 Å². The fraction of sp³-hybridized carbons (Fsp3) is 0.650. The Kier molecular flexibility index (Phi) is 3.06. The number of phenols is 1. The number of carbonyl (C=O) groups excluding carboxylic acids is 1. The lowest BCUT2D eigenvalue weighted by Crippen LogP contribution is -2.60. The van der Waals surface area contributed by atoms with Crippen molar-refractivity contribution in [2.75, 3.05) is 6.54 Å². The van der Waals surface area contributed by atoms with Crippen LogP contribution in [-0.2, 0) is 16.6 Å². The second kappa shape index (κ2) is 4.98. The molecule has 0 radical (unpaired) electrons. The van der Waals surface area contributed by atoms with Crippen molar-refractivity contribution in [2.45, 2.75) is 63.0 Å². The summed E-state index contributed by atoms with van der Waals surface area (Å²) >= 11 is 0. The summed E-state index contributed by atoms with van der Waals surface area (Å²) in [4.78, 5) is 12.7. The lowest BCUT2D eigenvalue weighted by Gasteiger charge is -2.50. The molecule has 0 amide bonds. The van der Waals surface area contributed by atoms with E-state index in [1.807, 2.05) is 6.07 Å². The fourth-order valence-electron chi connectivity index (χ4n) is 5.60. The van der Waals surface area contributed by atoms with Crippen molar-refractivity contribution in [1.29, 1.82) is 0 Å². The van der Waals surface area contributed by atoms with Crippen LogP contribution in [0.1, 0.15) is 50.2 Å². The first-order chi connectivity index (χ1) is 11.6. The molecular formula is C20H25NO3. The van der Waals surface area contributed by atoms with Crippen LogP contribution in [-0.4, -0.2) is 29.6 Å². The zero-order valence-corrected chi connectivity index (χ0v) is 14.2. The van der Waals surface area contributed by atoms with Crippen LogP contribution in [0.2, 0.25) is 0 Å². The number of phenolic OH excluding ortho intramolecular Hbond substituents is 1. The maximum Gasteiger partial charge on any atom is 0.174 e. The first-order valence-corrected chi connectivity index (χ1v) is 9.43. The van der Waals surface area contributed by atoms with Crippen molar-refractivity contribution in [1.82, 2.24) is 5.32 Å². The molecule has 2 fully saturated rings. The Morgan fingerprint density at radius 2 is 2.17 bits per heavy atom. The van der Waals surface area contributed by atoms with E-state index in [9.17, 15) is 9.90 Å². The number of aromatic hydroxyl groups is 1. The third kappa shape index (κ3) is 1.81. The fourth-order valence-corrected chi connectivity index (χ4v) is 5.60. The van der Waals surface area contributed by atoms with Crippen LogP contribution in [0, 0.1) is 11.8 Å². The summed E-state index contributed by atoms with van der Waals surface area (Å²) < 4.78 is 6.10. The predicted octanol–water partition coefficient (Wildman–Crippen LogP) is 2.70. The average molecular weight is 327 g/mol. The van der Waals surface area contributed by atoms with Gasteiger partial charge < -0.3 is 15.2 Å². The molecule has 0 saturated heterocycles. The van der Waals surface area contributed by atoms with Crippen molar-refractivity contribution < 1.29 is 14.6 Å². The number of hydrogen-bond donors (Lipinski definition) is 2. The van der Waals surface area contributed by atoms with Crippen LogP contribution >= 0.6 is 0 Å². The Balaban J connectivity index is 1.63. The van der Waals surface area contributed by atoms with E-state index in [1.54, 1.807) is 6.07 Å². The molecule has 2 saturated carbocycles. The highest BCUT2D eigenvalue weighted by Gasteiger charge is 2.62. The highest BCUT2D eigenvalue weighted by Crippen LogP contribution is 2.60. The van der Waals surface area contributed by atoms with E-state index >= 15 is 0 Å². The number of carbonyl (C=O) groups is 1. The molecule has 4 heteroatoms. The smallest absolute Gasteiger partial charge is 0.174 e. The third-order valence-corrected chi connectivity index (χ3v) is 6.92. The number of nitrogens with one attached hydrogen (secondary N) is 1. The molecule has 0 bridgehead atoms. The number of rotatable bonds is 4. The van der Waals surface area contributed by atoms with E-state index in [0.29, 0.717) is 24.1 Å². The molecule has 1 heterocycles. The van der Waals surface area contributed by atoms with Crippen molar-refractivity contribution in [3.05, 3.63) is 23.3 Å². The molecule has 5 rings (SSSR count). The van der Waals surface area contributed by atoms with Gasteiger partial charge in [-0.3, -0.25) is 4.79 Å². The normalized spacial score (nSPS) is 36.4. The maximum absolute atomic E-state index is 12.7. The van der Waals surface area contributed by atoms with Crippen LogP contribution in [0.4, 0.5) is 0 Å². The zero-order chi connectivity index (χ0) is 16.5. The van der Waals surface area contributed by atoms with Gasteiger partial charge >= 0.3 is 0 Å². The molecule has 1 aromatic rings. The van der Waals surface area contributed by atoms with Gasteiger partial charge in [0.2, 0.25) is 0 Å². The minimum atomic E-state index is -0.408. The molecule has 2 N–H and O–H groups in total. The van der Waals surface area contributed by atoms with Crippen molar-refractivity contribution in [2.24, 2.45) is 11.8 Å². The third-order valence-electron chi connectivity index (χ3n) is 6.92. The molecule has 1 aromatic carbocycles. The Morgan fingerprint density at radius 3 is 2.92 bits per heavy atom. The first-order valence-electron chi connectivity index (χ1n) is 9.43. The molecule has 0 spiro atoms. The molecular weight excluding hydrogens is 302 g/mol. The Bertz CT molecular complexity index is 711. The number of ketones is 1. The minimum absolute atomic E-state index is 0.187. The van der Waals surface area contributed by atoms with Crippen LogP contribution in [0.15, 0.2) is 12.1 Å². The van der Waals surface area contributed by atoms with Gasteiger partial charge in [0.25, 0.3) is 0 Å². The standard InChI is InChI=1S/C20H25NO3/c1-2-20-13-6-8-16(23)19(20)24-18-15(22)7-5-12(17(18)20)9-14(13)21-10-11-3-4-11/h5,7,11,13-14,19,21-22H,2-4,6,8-10H2,1H3. The molecule has 4 atom stereocenters. The number of hydrogen-bond acceptors (Lipinski definition) is 4. The summed E-state index contributed by atoms with van der Waals surface area (Å²) in [6, 6.07) is 4.18. The zero-order valence-electron chi connectivity index (χ0n) is 14.2. The number of benzene rings is 1. The monoisotopic (exact) mass is 327 g/mol. The lowest BCUT2D eigenvalue weighted by atomic mass is 9.53. The average Bonchev–Trinajstić information content (AvgIpc) is 3.34. The van der Waals surface area contributed by atoms with Crippen LogP contribution in [0.3, 0.4) is 0 Å². The largest absolute Gasteiger partial charge is 0.504 e. The molecule has 0 aromatic heterocycles. The van der Waals surface area contributed by atoms with E-state index in [1.165, 1.54) is 18.4 Å². The summed E-state index contributed by atoms with van der Waals surface area (Å²) in [5.74, 6) is 2.24. The highest BCUT2D eigenvalue weighted by atomic mass is 16.5. The molecule has 3 aliphatic carbocycles. The highest BCUT2D eigenvalue weighted by molar-refractivity contribution is 5.89. The topological polar surface area (TPSA) is 58.6 Å². The van der Waals surface area contributed by atoms with Crippen molar-refractivity contribution in [3.8, 4) is 11.5 Å². The Hall–Kier alpha value is -1.55. The van der Waals surface area contributed by atoms with Crippen LogP contribution in [0.25, 0.3) is 0 Å². The summed E-state index contributed by atoms with van der Waals surface area (Å²) in [6.45, 7) is 3.27. The van der Waals surface area contributed by atoms with Crippen molar-refractivity contribution in [3.63, 3.8) is 0 Å². The summed E-state index contributed by atoms with van der Waals surface area (Å²) in [6.07, 6.45) is 5.69. The van der Waals surface area contributed by atoms with Gasteiger partial charge in [-0.2, -0.15) is 0 Å². The van der Waals surface area contributed by atoms with Gasteiger partial charge in [-0.05, 0) is 62.1 Å². The van der Waals surface area contributed by atoms with E-state index in [0.717, 1.165) is 37.3 Å². The first kappa shape index (κ1) is 14.8. The molecule has 1 aliphatic heterocycles. The summed E-state index contributed by atoms with van der Waals surface area (Å²) in [7, 11) is 0. The van der Waals surface area contributed by atoms with E-state index in [4.69, 9.17) is 4.74 Å². The second-order valence-electron chi connectivity index (χ2n) is 8.11. The van der Waals surface area contributed by atoms with Crippen LogP contribution in [0.5, 0.6) is 11.5 Å². The van der Waals surface area contributed by atoms with Gasteiger partial charge in [-0.1, -0.05) is 13.0 Å². The van der Waals surface area contributed by atoms with Gasteiger partial charge in [0.05, 0.1) is 0 Å². The summed E-state index contributed by atoms with van der Waals surface area (Å²) in [5.41, 5.74) is 2.14. The van der Waals surface area contributed by atoms with E-state index in [2.05, 4.69) is 12.2 Å². The van der Waals surface area contributed by atoms with E-state index < -0.39 is 6.10 Å². The molecule has 4 unspecified atom stereocenters. The molecule has 4 aliphatic rings. The SMILES string of the molecule is CCC12c3c4ccc(O)c3OC1C(=O)CCC2C(NCC1CC1)C4. The second-order valence-corrected chi connectivity index (χ2v) is 8.11. The summed E-state index contributed by atoms with van der Waals surface area (Å²) in [5, 5.41) is 14.1. The van der Waals surface area contributed by atoms with E-state index in [-0.39, 0.29) is 16.9 Å². The molecule has 4 nitrogen and oxygen atoms in total. The molecule has 24 heavy (non-hydrogen) atoms. The minimum Gasteiger partial charge on any atom is -0.504 e. The Labute approximate surface area is 142 Å². The predicted molar refractivity (Wildman–Crippen MR) is 90.4 cm³/mol. The number of Topliss-reactive ketones (excluding diaryl/α,β-unsaturated/α-hetero) is 1. The Morgan fingerprint density at radius 1 is 1.33 bits per heavy atom. The van der Waals surface area contributed by atoms with Gasteiger partial charge in [0, 0.05) is 23.4 Å². The number of ether oxygens (including phenoxy) is 1. The van der Waals surface area contributed by atoms with Gasteiger partial charge in [0.15, 0.2) is 23.4 Å².